The Bertz CT molecular complexity index is 485. The molecule has 1 amide bonds. The predicted molar refractivity (Wildman–Crippen MR) is 92.4 cm³/mol. The zero-order chi connectivity index (χ0) is 15.4. The minimum absolute atomic E-state index is 0. The van der Waals surface area contributed by atoms with E-state index in [1.54, 1.807) is 0 Å². The average Bonchev–Trinajstić information content (AvgIpc) is 2.47. The van der Waals surface area contributed by atoms with Crippen molar-refractivity contribution in [2.45, 2.75) is 52.5 Å². The lowest BCUT2D eigenvalue weighted by molar-refractivity contribution is -0.123. The second kappa shape index (κ2) is 8.51. The average molecular weight is 327 g/mol. The molecule has 0 aromatic heterocycles. The van der Waals surface area contributed by atoms with E-state index >= 15 is 0 Å². The molecule has 0 spiro atoms. The van der Waals surface area contributed by atoms with Gasteiger partial charge in [-0.3, -0.25) is 9.69 Å². The highest BCUT2D eigenvalue weighted by molar-refractivity contribution is 6.37. The van der Waals surface area contributed by atoms with Crippen LogP contribution in [0.2, 0.25) is 0 Å². The Kier molecular flexibility index (Phi) is 7.33. The molecule has 1 fully saturated rings. The van der Waals surface area contributed by atoms with Crippen molar-refractivity contribution in [3.63, 3.8) is 0 Å². The summed E-state index contributed by atoms with van der Waals surface area (Å²) in [6.07, 6.45) is 4.26. The molecule has 0 saturated carbocycles. The first kappa shape index (κ1) is 18.9. The number of amides is 1. The molecular formula is C17H27ClN2O2. The molecule has 0 unspecified atom stereocenters. The largest absolute Gasteiger partial charge is 0.412 e. The molecule has 5 heteroatoms. The topological polar surface area (TPSA) is 55.1 Å². The third-order valence-electron chi connectivity index (χ3n) is 4.24. The van der Waals surface area contributed by atoms with Crippen LogP contribution >= 0.6 is 11.8 Å². The van der Waals surface area contributed by atoms with E-state index in [1.165, 1.54) is 10.8 Å². The number of anilines is 1. The van der Waals surface area contributed by atoms with Crippen molar-refractivity contribution in [2.24, 2.45) is 0 Å². The number of rotatable bonds is 4. The number of halogens is 1. The zero-order valence-electron chi connectivity index (χ0n) is 13.7. The number of nitrogens with zero attached hydrogens (tertiary/aromatic N) is 2. The van der Waals surface area contributed by atoms with E-state index in [0.29, 0.717) is 0 Å². The fraction of sp³-hybridized carbons (Fsp3) is 0.588. The van der Waals surface area contributed by atoms with E-state index < -0.39 is 0 Å². The quantitative estimate of drug-likeness (QED) is 0.798. The van der Waals surface area contributed by atoms with Crippen LogP contribution in [-0.4, -0.2) is 35.4 Å². The van der Waals surface area contributed by atoms with Gasteiger partial charge in [0.25, 0.3) is 5.91 Å². The summed E-state index contributed by atoms with van der Waals surface area (Å²) in [6.45, 7) is 8.11. The van der Waals surface area contributed by atoms with Crippen LogP contribution in [0.25, 0.3) is 0 Å². The second-order valence-electron chi connectivity index (χ2n) is 5.91. The van der Waals surface area contributed by atoms with Gasteiger partial charge in [0.2, 0.25) is 0 Å². The highest BCUT2D eigenvalue weighted by Crippen LogP contribution is 2.29. The highest BCUT2D eigenvalue weighted by atomic mass is 35.5. The molecule has 1 saturated heterocycles. The Morgan fingerprint density at radius 2 is 1.95 bits per heavy atom. The highest BCUT2D eigenvalue weighted by Gasteiger charge is 2.32. The van der Waals surface area contributed by atoms with Crippen LogP contribution < -0.4 is 4.42 Å². The van der Waals surface area contributed by atoms with Crippen LogP contribution in [0, 0.1) is 13.8 Å². The van der Waals surface area contributed by atoms with Crippen molar-refractivity contribution in [2.75, 3.05) is 17.5 Å². The minimum Gasteiger partial charge on any atom is -0.412 e. The maximum absolute atomic E-state index is 12.8. The number of carbonyl (C=O) groups is 1. The Labute approximate surface area is 138 Å². The fourth-order valence-corrected chi connectivity index (χ4v) is 3.56. The van der Waals surface area contributed by atoms with Gasteiger partial charge in [-0.05, 0) is 57.3 Å². The van der Waals surface area contributed by atoms with Crippen LogP contribution in [0.3, 0.4) is 0 Å². The van der Waals surface area contributed by atoms with Crippen LogP contribution in [0.15, 0.2) is 18.2 Å². The number of likely N-dealkylation sites (tertiary alicyclic amines) is 1. The third-order valence-corrected chi connectivity index (χ3v) is 4.57. The first-order valence-electron chi connectivity index (χ1n) is 7.86. The third kappa shape index (κ3) is 4.00. The number of carbonyl (C=O) groups excluding carboxylic acids is 1. The SMILES string of the molecule is CCCN1CCCC[C@H]1C(=O)N(Cl)c1c(C)cccc1C.O. The van der Waals surface area contributed by atoms with Crippen LogP contribution in [0.4, 0.5) is 5.69 Å². The van der Waals surface area contributed by atoms with Crippen molar-refractivity contribution in [1.82, 2.24) is 4.90 Å². The van der Waals surface area contributed by atoms with Crippen molar-refractivity contribution >= 4 is 23.4 Å². The number of piperidine rings is 1. The van der Waals surface area contributed by atoms with Gasteiger partial charge in [-0.2, -0.15) is 0 Å². The molecule has 1 heterocycles. The van der Waals surface area contributed by atoms with E-state index in [4.69, 9.17) is 11.8 Å². The van der Waals surface area contributed by atoms with Gasteiger partial charge in [-0.15, -0.1) is 0 Å². The van der Waals surface area contributed by atoms with Crippen LogP contribution in [0.1, 0.15) is 43.7 Å². The molecule has 1 aromatic rings. The van der Waals surface area contributed by atoms with Crippen molar-refractivity contribution in [1.29, 1.82) is 0 Å². The van der Waals surface area contributed by atoms with Gasteiger partial charge in [0, 0.05) is 11.8 Å². The van der Waals surface area contributed by atoms with Crippen molar-refractivity contribution in [3.05, 3.63) is 29.3 Å². The van der Waals surface area contributed by atoms with Crippen LogP contribution in [0.5, 0.6) is 0 Å². The van der Waals surface area contributed by atoms with E-state index in [1.807, 2.05) is 32.0 Å². The number of aryl methyl sites for hydroxylation is 2. The van der Waals surface area contributed by atoms with Crippen molar-refractivity contribution in [3.8, 4) is 0 Å². The standard InChI is InChI=1S/C17H25ClN2O.H2O/c1-4-11-19-12-6-5-10-15(19)17(21)20(18)16-13(2)8-7-9-14(16)3;/h7-9,15H,4-6,10-12H2,1-3H3;1H2/t15-;/m0./s1. The molecule has 22 heavy (non-hydrogen) atoms. The van der Waals surface area contributed by atoms with Crippen LogP contribution in [-0.2, 0) is 4.79 Å². The smallest absolute Gasteiger partial charge is 0.258 e. The maximum atomic E-state index is 12.8. The number of hydrogen-bond donors (Lipinski definition) is 0. The Hall–Kier alpha value is -1.10. The summed E-state index contributed by atoms with van der Waals surface area (Å²) in [4.78, 5) is 15.1. The summed E-state index contributed by atoms with van der Waals surface area (Å²) in [5, 5.41) is 0. The molecule has 1 aliphatic rings. The van der Waals surface area contributed by atoms with Gasteiger partial charge in [-0.1, -0.05) is 31.5 Å². The molecule has 0 bridgehead atoms. The second-order valence-corrected chi connectivity index (χ2v) is 6.25. The molecule has 2 rings (SSSR count). The molecule has 1 aromatic carbocycles. The molecule has 1 atom stereocenters. The first-order chi connectivity index (χ1) is 10.1. The summed E-state index contributed by atoms with van der Waals surface area (Å²) in [5.74, 6) is 0.0159. The summed E-state index contributed by atoms with van der Waals surface area (Å²) >= 11 is 6.42. The number of hydrogen-bond acceptors (Lipinski definition) is 2. The molecule has 0 radical (unpaired) electrons. The van der Waals surface area contributed by atoms with E-state index in [9.17, 15) is 4.79 Å². The first-order valence-corrected chi connectivity index (χ1v) is 8.20. The molecular weight excluding hydrogens is 300 g/mol. The van der Waals surface area contributed by atoms with Gasteiger partial charge >= 0.3 is 0 Å². The lowest BCUT2D eigenvalue weighted by atomic mass is 10.0. The Morgan fingerprint density at radius 1 is 1.32 bits per heavy atom. The van der Waals surface area contributed by atoms with Gasteiger partial charge in [-0.25, -0.2) is 4.42 Å². The van der Waals surface area contributed by atoms with E-state index in [2.05, 4.69) is 11.8 Å². The summed E-state index contributed by atoms with van der Waals surface area (Å²) in [5.41, 5.74) is 2.92. The summed E-state index contributed by atoms with van der Waals surface area (Å²) in [7, 11) is 0. The Balaban J connectivity index is 0.00000242. The fourth-order valence-electron chi connectivity index (χ4n) is 3.18. The lowest BCUT2D eigenvalue weighted by Crippen LogP contribution is -2.49. The van der Waals surface area contributed by atoms with Crippen molar-refractivity contribution < 1.29 is 10.3 Å². The van der Waals surface area contributed by atoms with E-state index in [0.717, 1.165) is 49.2 Å². The van der Waals surface area contributed by atoms with E-state index in [-0.39, 0.29) is 17.4 Å². The predicted octanol–water partition coefficient (Wildman–Crippen LogP) is 3.23. The number of benzene rings is 1. The summed E-state index contributed by atoms with van der Waals surface area (Å²) < 4.78 is 1.35. The zero-order valence-corrected chi connectivity index (χ0v) is 14.5. The minimum atomic E-state index is -0.0739. The summed E-state index contributed by atoms with van der Waals surface area (Å²) in [6, 6.07) is 5.91. The Morgan fingerprint density at radius 3 is 2.55 bits per heavy atom. The molecule has 1 aliphatic heterocycles. The molecule has 2 N–H and O–H groups in total. The normalized spacial score (nSPS) is 18.6. The molecule has 0 aliphatic carbocycles. The molecule has 4 nitrogen and oxygen atoms in total. The lowest BCUT2D eigenvalue weighted by Gasteiger charge is -2.36. The van der Waals surface area contributed by atoms with Gasteiger partial charge < -0.3 is 5.48 Å². The van der Waals surface area contributed by atoms with Gasteiger partial charge in [0.15, 0.2) is 0 Å². The number of para-hydroxylation sites is 1. The molecule has 124 valence electrons. The maximum Gasteiger partial charge on any atom is 0.258 e. The van der Waals surface area contributed by atoms with Gasteiger partial charge in [0.05, 0.1) is 11.7 Å². The van der Waals surface area contributed by atoms with Gasteiger partial charge in [0.1, 0.15) is 0 Å². The monoisotopic (exact) mass is 326 g/mol.